The molecule has 0 bridgehead atoms. The number of fused-ring (bicyclic) bond motifs is 1. The number of hydrogen-bond donors (Lipinski definition) is 0. The lowest BCUT2D eigenvalue weighted by molar-refractivity contribution is 0.139. The lowest BCUT2D eigenvalue weighted by Crippen LogP contribution is -2.19. The summed E-state index contributed by atoms with van der Waals surface area (Å²) < 4.78 is 21.0. The number of benzene rings is 1. The van der Waals surface area contributed by atoms with Crippen molar-refractivity contribution in [1.29, 1.82) is 0 Å². The van der Waals surface area contributed by atoms with Crippen molar-refractivity contribution in [3.8, 4) is 0 Å². The highest BCUT2D eigenvalue weighted by Gasteiger charge is 2.17. The van der Waals surface area contributed by atoms with E-state index in [4.69, 9.17) is 4.74 Å². The summed E-state index contributed by atoms with van der Waals surface area (Å²) in [5.41, 5.74) is 4.69. The first-order valence-electron chi connectivity index (χ1n) is 9.00. The third-order valence-electron chi connectivity index (χ3n) is 4.88. The van der Waals surface area contributed by atoms with Crippen LogP contribution in [0.1, 0.15) is 23.7 Å². The van der Waals surface area contributed by atoms with Crippen LogP contribution in [0.4, 0.5) is 10.2 Å². The summed E-state index contributed by atoms with van der Waals surface area (Å²) in [6, 6.07) is 8.70. The molecule has 0 amide bonds. The highest BCUT2D eigenvalue weighted by Crippen LogP contribution is 2.31. The van der Waals surface area contributed by atoms with E-state index in [1.165, 1.54) is 28.8 Å². The molecule has 0 unspecified atom stereocenters. The third kappa shape index (κ3) is 3.58. The standard InChI is InChI=1S/C21H26FN3O/c1-5-26-13-12-25-16(3)15(2)19-10-11-23-21(20(19)25)24(4)14-17-6-8-18(22)9-7-17/h6-11H,5,12-14H2,1-4H3. The van der Waals surface area contributed by atoms with Crippen molar-refractivity contribution in [1.82, 2.24) is 9.55 Å². The molecule has 0 fully saturated rings. The minimum absolute atomic E-state index is 0.215. The van der Waals surface area contributed by atoms with Gasteiger partial charge in [-0.15, -0.1) is 0 Å². The van der Waals surface area contributed by atoms with Crippen LogP contribution in [0, 0.1) is 19.7 Å². The number of hydrogen-bond acceptors (Lipinski definition) is 3. The molecule has 138 valence electrons. The number of rotatable bonds is 7. The molecule has 0 aliphatic rings. The van der Waals surface area contributed by atoms with Crippen molar-refractivity contribution in [3.63, 3.8) is 0 Å². The van der Waals surface area contributed by atoms with E-state index in [1.807, 2.05) is 32.3 Å². The Kier molecular flexibility index (Phi) is 5.57. The Morgan fingerprint density at radius 1 is 1.15 bits per heavy atom. The van der Waals surface area contributed by atoms with Crippen LogP contribution in [0.5, 0.6) is 0 Å². The van der Waals surface area contributed by atoms with Gasteiger partial charge in [-0.2, -0.15) is 0 Å². The summed E-state index contributed by atoms with van der Waals surface area (Å²) in [7, 11) is 2.02. The van der Waals surface area contributed by atoms with E-state index < -0.39 is 0 Å². The molecular formula is C21H26FN3O. The van der Waals surface area contributed by atoms with E-state index in [9.17, 15) is 4.39 Å². The zero-order valence-corrected chi connectivity index (χ0v) is 15.9. The van der Waals surface area contributed by atoms with Gasteiger partial charge in [-0.05, 0) is 50.1 Å². The summed E-state index contributed by atoms with van der Waals surface area (Å²) in [6.07, 6.45) is 1.86. The van der Waals surface area contributed by atoms with Crippen LogP contribution < -0.4 is 4.90 Å². The van der Waals surface area contributed by atoms with Gasteiger partial charge < -0.3 is 14.2 Å². The lowest BCUT2D eigenvalue weighted by atomic mass is 10.2. The number of pyridine rings is 1. The Morgan fingerprint density at radius 2 is 1.88 bits per heavy atom. The quantitative estimate of drug-likeness (QED) is 0.586. The SMILES string of the molecule is CCOCCn1c(C)c(C)c2ccnc(N(C)Cc3ccc(F)cc3)c21. The van der Waals surface area contributed by atoms with Gasteiger partial charge in [-0.1, -0.05) is 12.1 Å². The van der Waals surface area contributed by atoms with Crippen molar-refractivity contribution in [3.05, 3.63) is 59.2 Å². The molecule has 0 aliphatic carbocycles. The number of nitrogens with zero attached hydrogens (tertiary/aromatic N) is 3. The molecule has 0 spiro atoms. The average Bonchev–Trinajstić information content (AvgIpc) is 2.89. The predicted octanol–water partition coefficient (Wildman–Crippen LogP) is 4.47. The second-order valence-corrected chi connectivity index (χ2v) is 6.57. The summed E-state index contributed by atoms with van der Waals surface area (Å²) in [4.78, 5) is 6.77. The molecule has 0 N–H and O–H groups in total. The third-order valence-corrected chi connectivity index (χ3v) is 4.88. The van der Waals surface area contributed by atoms with E-state index in [-0.39, 0.29) is 5.82 Å². The zero-order valence-electron chi connectivity index (χ0n) is 15.9. The highest BCUT2D eigenvalue weighted by molar-refractivity contribution is 5.93. The first-order valence-corrected chi connectivity index (χ1v) is 9.00. The van der Waals surface area contributed by atoms with Crippen LogP contribution >= 0.6 is 0 Å². The van der Waals surface area contributed by atoms with Gasteiger partial charge >= 0.3 is 0 Å². The molecule has 0 atom stereocenters. The van der Waals surface area contributed by atoms with E-state index in [0.717, 1.165) is 23.4 Å². The van der Waals surface area contributed by atoms with Crippen LogP contribution in [0.15, 0.2) is 36.5 Å². The summed E-state index contributed by atoms with van der Waals surface area (Å²) >= 11 is 0. The molecular weight excluding hydrogens is 329 g/mol. The van der Waals surface area contributed by atoms with Crippen molar-refractivity contribution in [2.24, 2.45) is 0 Å². The number of aromatic nitrogens is 2. The van der Waals surface area contributed by atoms with E-state index >= 15 is 0 Å². The van der Waals surface area contributed by atoms with E-state index in [2.05, 4.69) is 34.4 Å². The summed E-state index contributed by atoms with van der Waals surface area (Å²) in [5, 5.41) is 1.22. The molecule has 1 aromatic carbocycles. The Bertz CT molecular complexity index is 886. The van der Waals surface area contributed by atoms with Gasteiger partial charge in [0, 0.05) is 44.0 Å². The maximum absolute atomic E-state index is 13.2. The van der Waals surface area contributed by atoms with Crippen LogP contribution in [0.3, 0.4) is 0 Å². The molecule has 0 saturated carbocycles. The number of anilines is 1. The van der Waals surface area contributed by atoms with Crippen LogP contribution in [0.2, 0.25) is 0 Å². The molecule has 4 nitrogen and oxygen atoms in total. The number of ether oxygens (including phenoxy) is 1. The fraction of sp³-hybridized carbons (Fsp3) is 0.381. The van der Waals surface area contributed by atoms with E-state index in [0.29, 0.717) is 19.8 Å². The molecule has 3 rings (SSSR count). The van der Waals surface area contributed by atoms with Gasteiger partial charge in [0.05, 0.1) is 12.1 Å². The molecule has 0 saturated heterocycles. The fourth-order valence-corrected chi connectivity index (χ4v) is 3.37. The van der Waals surface area contributed by atoms with Crippen molar-refractivity contribution in [2.45, 2.75) is 33.9 Å². The molecule has 3 aromatic rings. The predicted molar refractivity (Wildman–Crippen MR) is 104 cm³/mol. The first-order chi connectivity index (χ1) is 12.5. The molecule has 5 heteroatoms. The van der Waals surface area contributed by atoms with Crippen LogP contribution in [-0.2, 0) is 17.8 Å². The van der Waals surface area contributed by atoms with Crippen molar-refractivity contribution in [2.75, 3.05) is 25.2 Å². The molecule has 0 aliphatic heterocycles. The topological polar surface area (TPSA) is 30.3 Å². The molecule has 26 heavy (non-hydrogen) atoms. The van der Waals surface area contributed by atoms with Gasteiger partial charge in [-0.25, -0.2) is 9.37 Å². The Hall–Kier alpha value is -2.40. The zero-order chi connectivity index (χ0) is 18.7. The van der Waals surface area contributed by atoms with Gasteiger partial charge in [0.1, 0.15) is 5.82 Å². The monoisotopic (exact) mass is 355 g/mol. The van der Waals surface area contributed by atoms with Crippen LogP contribution in [-0.4, -0.2) is 29.8 Å². The minimum atomic E-state index is -0.215. The second-order valence-electron chi connectivity index (χ2n) is 6.57. The Balaban J connectivity index is 1.99. The van der Waals surface area contributed by atoms with Crippen molar-refractivity contribution >= 4 is 16.7 Å². The molecule has 2 heterocycles. The van der Waals surface area contributed by atoms with Gasteiger partial charge in [0.25, 0.3) is 0 Å². The maximum Gasteiger partial charge on any atom is 0.153 e. The Labute approximate surface area is 154 Å². The summed E-state index contributed by atoms with van der Waals surface area (Å²) in [6.45, 7) is 9.16. The van der Waals surface area contributed by atoms with Crippen molar-refractivity contribution < 1.29 is 9.13 Å². The van der Waals surface area contributed by atoms with E-state index in [1.54, 1.807) is 0 Å². The van der Waals surface area contributed by atoms with Gasteiger partial charge in [0.15, 0.2) is 5.82 Å². The molecule has 2 aromatic heterocycles. The second kappa shape index (κ2) is 7.87. The normalized spacial score (nSPS) is 11.3. The maximum atomic E-state index is 13.2. The average molecular weight is 355 g/mol. The molecule has 0 radical (unpaired) electrons. The lowest BCUT2D eigenvalue weighted by Gasteiger charge is -2.21. The number of halogens is 1. The fourth-order valence-electron chi connectivity index (χ4n) is 3.37. The van der Waals surface area contributed by atoms with Gasteiger partial charge in [-0.3, -0.25) is 0 Å². The Morgan fingerprint density at radius 3 is 2.58 bits per heavy atom. The number of aryl methyl sites for hydroxylation is 1. The van der Waals surface area contributed by atoms with Gasteiger partial charge in [0.2, 0.25) is 0 Å². The first kappa shape index (κ1) is 18.4. The largest absolute Gasteiger partial charge is 0.380 e. The van der Waals surface area contributed by atoms with Crippen LogP contribution in [0.25, 0.3) is 10.9 Å². The minimum Gasteiger partial charge on any atom is -0.380 e. The highest BCUT2D eigenvalue weighted by atomic mass is 19.1. The smallest absolute Gasteiger partial charge is 0.153 e. The summed E-state index contributed by atoms with van der Waals surface area (Å²) in [5.74, 6) is 0.715.